The van der Waals surface area contributed by atoms with Crippen LogP contribution in [0.15, 0.2) is 24.3 Å². The van der Waals surface area contributed by atoms with E-state index in [9.17, 15) is 9.59 Å². The van der Waals surface area contributed by atoms with Crippen molar-refractivity contribution in [3.05, 3.63) is 29.8 Å². The summed E-state index contributed by atoms with van der Waals surface area (Å²) in [6.07, 6.45) is 0.822. The van der Waals surface area contributed by atoms with Gasteiger partial charge in [0.15, 0.2) is 0 Å². The topological polar surface area (TPSA) is 93.5 Å². The van der Waals surface area contributed by atoms with E-state index in [1.807, 2.05) is 24.3 Å². The maximum Gasteiger partial charge on any atom is 0.239 e. The van der Waals surface area contributed by atoms with E-state index in [0.717, 1.165) is 12.2 Å². The number of hydrogen-bond donors (Lipinski definition) is 3. The summed E-state index contributed by atoms with van der Waals surface area (Å²) in [5.74, 6) is 0.611. The fraction of sp³-hybridized carbons (Fsp3) is 0.467. The van der Waals surface area contributed by atoms with Crippen molar-refractivity contribution in [2.45, 2.75) is 19.3 Å². The Labute approximate surface area is 137 Å². The first-order valence-electron chi connectivity index (χ1n) is 6.94. The number of ether oxygens (including phenoxy) is 1. The summed E-state index contributed by atoms with van der Waals surface area (Å²) in [6.45, 7) is 2.52. The summed E-state index contributed by atoms with van der Waals surface area (Å²) in [6, 6.07) is 7.89. The molecular weight excluding hydrogens is 306 g/mol. The van der Waals surface area contributed by atoms with Crippen molar-refractivity contribution in [1.82, 2.24) is 10.6 Å². The Bertz CT molecular complexity index is 466. The minimum Gasteiger partial charge on any atom is -0.497 e. The van der Waals surface area contributed by atoms with E-state index in [4.69, 9.17) is 10.5 Å². The number of halogens is 1. The lowest BCUT2D eigenvalue weighted by atomic mass is 9.98. The van der Waals surface area contributed by atoms with Crippen molar-refractivity contribution in [3.63, 3.8) is 0 Å². The molecule has 1 atom stereocenters. The smallest absolute Gasteiger partial charge is 0.239 e. The van der Waals surface area contributed by atoms with Gasteiger partial charge in [0.2, 0.25) is 11.8 Å². The van der Waals surface area contributed by atoms with Gasteiger partial charge in [-0.05, 0) is 30.0 Å². The highest BCUT2D eigenvalue weighted by molar-refractivity contribution is 5.85. The minimum atomic E-state index is -0.336. The van der Waals surface area contributed by atoms with E-state index in [1.54, 1.807) is 7.11 Å². The summed E-state index contributed by atoms with van der Waals surface area (Å²) < 4.78 is 5.12. The number of amides is 2. The molecule has 0 aliphatic rings. The van der Waals surface area contributed by atoms with Crippen molar-refractivity contribution in [3.8, 4) is 5.75 Å². The summed E-state index contributed by atoms with van der Waals surface area (Å²) in [4.78, 5) is 22.4. The molecule has 1 aromatic carbocycles. The SMILES string of the molecule is COc1ccc(C(C)CCNC(=O)CNC(=O)CN)cc1.Cl. The number of carbonyl (C=O) groups is 2. The van der Waals surface area contributed by atoms with Crippen molar-refractivity contribution in [1.29, 1.82) is 0 Å². The van der Waals surface area contributed by atoms with Crippen LogP contribution in [0.25, 0.3) is 0 Å². The second-order valence-electron chi connectivity index (χ2n) is 4.79. The molecule has 0 aliphatic heterocycles. The number of methoxy groups -OCH3 is 1. The predicted molar refractivity (Wildman–Crippen MR) is 88.3 cm³/mol. The van der Waals surface area contributed by atoms with Crippen molar-refractivity contribution >= 4 is 24.2 Å². The Kier molecular flexibility index (Phi) is 9.98. The Balaban J connectivity index is 0.00000441. The van der Waals surface area contributed by atoms with Gasteiger partial charge < -0.3 is 21.1 Å². The van der Waals surface area contributed by atoms with E-state index in [-0.39, 0.29) is 37.3 Å². The normalized spacial score (nSPS) is 11.0. The average molecular weight is 330 g/mol. The van der Waals surface area contributed by atoms with Gasteiger partial charge in [0.1, 0.15) is 5.75 Å². The molecule has 2 amide bonds. The molecule has 22 heavy (non-hydrogen) atoms. The van der Waals surface area contributed by atoms with Gasteiger partial charge in [-0.15, -0.1) is 12.4 Å². The lowest BCUT2D eigenvalue weighted by Gasteiger charge is -2.13. The Morgan fingerprint density at radius 2 is 1.82 bits per heavy atom. The molecule has 1 rings (SSSR count). The van der Waals surface area contributed by atoms with E-state index < -0.39 is 0 Å². The van der Waals surface area contributed by atoms with E-state index in [0.29, 0.717) is 12.5 Å². The molecule has 1 unspecified atom stereocenters. The lowest BCUT2D eigenvalue weighted by molar-refractivity contribution is -0.125. The maximum atomic E-state index is 11.5. The molecule has 4 N–H and O–H groups in total. The van der Waals surface area contributed by atoms with Gasteiger partial charge in [-0.2, -0.15) is 0 Å². The molecule has 124 valence electrons. The minimum absolute atomic E-state index is 0. The van der Waals surface area contributed by atoms with Crippen molar-refractivity contribution in [2.24, 2.45) is 5.73 Å². The van der Waals surface area contributed by atoms with Crippen LogP contribution >= 0.6 is 12.4 Å². The molecule has 0 radical (unpaired) electrons. The van der Waals surface area contributed by atoms with Crippen LogP contribution in [0.4, 0.5) is 0 Å². The largest absolute Gasteiger partial charge is 0.497 e. The number of nitrogens with two attached hydrogens (primary N) is 1. The zero-order chi connectivity index (χ0) is 15.7. The van der Waals surface area contributed by atoms with Gasteiger partial charge in [0, 0.05) is 6.54 Å². The van der Waals surface area contributed by atoms with Crippen LogP contribution in [0.2, 0.25) is 0 Å². The zero-order valence-corrected chi connectivity index (χ0v) is 13.7. The Hall–Kier alpha value is -1.79. The maximum absolute atomic E-state index is 11.5. The standard InChI is InChI=1S/C15H23N3O3.ClH/c1-11(12-3-5-13(21-2)6-4-12)7-8-17-15(20)10-18-14(19)9-16;/h3-6,11H,7-10,16H2,1-2H3,(H,17,20)(H,18,19);1H. The first-order valence-corrected chi connectivity index (χ1v) is 6.94. The molecule has 7 heteroatoms. The number of hydrogen-bond acceptors (Lipinski definition) is 4. The molecule has 0 bridgehead atoms. The van der Waals surface area contributed by atoms with Gasteiger partial charge in [-0.3, -0.25) is 9.59 Å². The molecule has 0 heterocycles. The molecule has 0 fully saturated rings. The van der Waals surface area contributed by atoms with E-state index in [1.165, 1.54) is 5.56 Å². The molecule has 0 aliphatic carbocycles. The third-order valence-corrected chi connectivity index (χ3v) is 3.22. The van der Waals surface area contributed by atoms with Crippen LogP contribution in [-0.2, 0) is 9.59 Å². The van der Waals surface area contributed by atoms with Gasteiger partial charge in [-0.1, -0.05) is 19.1 Å². The van der Waals surface area contributed by atoms with Gasteiger partial charge in [0.05, 0.1) is 20.2 Å². The molecule has 0 spiro atoms. The number of benzene rings is 1. The first-order chi connectivity index (χ1) is 10.1. The number of nitrogens with one attached hydrogen (secondary N) is 2. The number of rotatable bonds is 8. The lowest BCUT2D eigenvalue weighted by Crippen LogP contribution is -2.39. The van der Waals surface area contributed by atoms with Crippen LogP contribution < -0.4 is 21.1 Å². The molecular formula is C15H24ClN3O3. The van der Waals surface area contributed by atoms with Crippen molar-refractivity contribution in [2.75, 3.05) is 26.7 Å². The van der Waals surface area contributed by atoms with Gasteiger partial charge in [0.25, 0.3) is 0 Å². The second kappa shape index (κ2) is 10.9. The number of carbonyl (C=O) groups excluding carboxylic acids is 2. The Morgan fingerprint density at radius 1 is 1.18 bits per heavy atom. The van der Waals surface area contributed by atoms with E-state index in [2.05, 4.69) is 17.6 Å². The third kappa shape index (κ3) is 7.28. The summed E-state index contributed by atoms with van der Waals surface area (Å²) in [7, 11) is 1.64. The summed E-state index contributed by atoms with van der Waals surface area (Å²) >= 11 is 0. The predicted octanol–water partition coefficient (Wildman–Crippen LogP) is 0.802. The summed E-state index contributed by atoms with van der Waals surface area (Å²) in [5.41, 5.74) is 6.33. The fourth-order valence-electron chi connectivity index (χ4n) is 1.84. The Morgan fingerprint density at radius 3 is 2.36 bits per heavy atom. The molecule has 1 aromatic rings. The molecule has 0 aromatic heterocycles. The van der Waals surface area contributed by atoms with E-state index >= 15 is 0 Å². The monoisotopic (exact) mass is 329 g/mol. The highest BCUT2D eigenvalue weighted by Gasteiger charge is 2.07. The van der Waals surface area contributed by atoms with Crippen LogP contribution in [0.1, 0.15) is 24.8 Å². The highest BCUT2D eigenvalue weighted by Crippen LogP contribution is 2.21. The molecule has 0 saturated heterocycles. The van der Waals surface area contributed by atoms with Crippen LogP contribution in [-0.4, -0.2) is 38.6 Å². The van der Waals surface area contributed by atoms with Crippen LogP contribution in [0.5, 0.6) is 5.75 Å². The van der Waals surface area contributed by atoms with Crippen LogP contribution in [0.3, 0.4) is 0 Å². The van der Waals surface area contributed by atoms with Crippen molar-refractivity contribution < 1.29 is 14.3 Å². The molecule has 0 saturated carbocycles. The quantitative estimate of drug-likeness (QED) is 0.657. The molecule has 6 nitrogen and oxygen atoms in total. The van der Waals surface area contributed by atoms with Crippen LogP contribution in [0, 0.1) is 0 Å². The third-order valence-electron chi connectivity index (χ3n) is 3.22. The zero-order valence-electron chi connectivity index (χ0n) is 12.9. The van der Waals surface area contributed by atoms with Gasteiger partial charge in [-0.25, -0.2) is 0 Å². The second-order valence-corrected chi connectivity index (χ2v) is 4.79. The highest BCUT2D eigenvalue weighted by atomic mass is 35.5. The first kappa shape index (κ1) is 20.2. The fourth-order valence-corrected chi connectivity index (χ4v) is 1.84. The average Bonchev–Trinajstić information content (AvgIpc) is 2.52. The summed E-state index contributed by atoms with van der Waals surface area (Å²) in [5, 5.41) is 5.19. The van der Waals surface area contributed by atoms with Gasteiger partial charge >= 0.3 is 0 Å².